The third kappa shape index (κ3) is 1.93. The van der Waals surface area contributed by atoms with Crippen LogP contribution in [0.4, 0.5) is 8.78 Å². The monoisotopic (exact) mass is 255 g/mol. The molecule has 0 N–H and O–H groups in total. The van der Waals surface area contributed by atoms with Gasteiger partial charge in [-0.15, -0.1) is 0 Å². The van der Waals surface area contributed by atoms with Crippen LogP contribution in [0.3, 0.4) is 0 Å². The number of hydrogen-bond donors (Lipinski definition) is 0. The first-order valence-corrected chi connectivity index (χ1v) is 4.64. The molecule has 0 aliphatic carbocycles. The molecular weight excluding hydrogens is 251 g/mol. The maximum absolute atomic E-state index is 12.2. The molecule has 0 aliphatic heterocycles. The highest BCUT2D eigenvalue weighted by molar-refractivity contribution is 9.08. The molecule has 0 amide bonds. The summed E-state index contributed by atoms with van der Waals surface area (Å²) < 4.78 is 24.4. The Hall–Kier alpha value is -0.220. The van der Waals surface area contributed by atoms with E-state index < -0.39 is 6.43 Å². The summed E-state index contributed by atoms with van der Waals surface area (Å²) in [7, 11) is 0. The summed E-state index contributed by atoms with van der Waals surface area (Å²) in [6, 6.07) is 1.60. The molecular formula is C7H5BrClF2N. The summed E-state index contributed by atoms with van der Waals surface area (Å²) in [5.41, 5.74) is 0.274. The number of aromatic nitrogens is 1. The normalized spacial score (nSPS) is 10.8. The Kier molecular flexibility index (Phi) is 3.40. The molecule has 0 fully saturated rings. The van der Waals surface area contributed by atoms with Crippen LogP contribution in [-0.2, 0) is 5.33 Å². The Morgan fingerprint density at radius 1 is 1.58 bits per heavy atom. The van der Waals surface area contributed by atoms with Gasteiger partial charge in [0.2, 0.25) is 0 Å². The van der Waals surface area contributed by atoms with Crippen LogP contribution in [0.2, 0.25) is 5.02 Å². The second-order valence-electron chi connectivity index (χ2n) is 2.10. The van der Waals surface area contributed by atoms with Crippen molar-refractivity contribution in [3.8, 4) is 0 Å². The van der Waals surface area contributed by atoms with Crippen molar-refractivity contribution in [1.29, 1.82) is 0 Å². The van der Waals surface area contributed by atoms with Crippen molar-refractivity contribution in [3.05, 3.63) is 28.5 Å². The van der Waals surface area contributed by atoms with Crippen LogP contribution in [0.15, 0.2) is 12.3 Å². The zero-order chi connectivity index (χ0) is 9.14. The lowest BCUT2D eigenvalue weighted by Crippen LogP contribution is -1.93. The van der Waals surface area contributed by atoms with Gasteiger partial charge >= 0.3 is 0 Å². The van der Waals surface area contributed by atoms with Gasteiger partial charge in [0.25, 0.3) is 6.43 Å². The van der Waals surface area contributed by atoms with Crippen molar-refractivity contribution in [1.82, 2.24) is 4.98 Å². The van der Waals surface area contributed by atoms with Crippen molar-refractivity contribution in [2.75, 3.05) is 0 Å². The number of hydrogen-bond acceptors (Lipinski definition) is 1. The third-order valence-corrected chi connectivity index (χ3v) is 2.39. The highest BCUT2D eigenvalue weighted by Crippen LogP contribution is 2.28. The van der Waals surface area contributed by atoms with Gasteiger partial charge in [0.1, 0.15) is 5.69 Å². The summed E-state index contributed by atoms with van der Waals surface area (Å²) in [5.74, 6) is 0. The predicted molar refractivity (Wildman–Crippen MR) is 46.8 cm³/mol. The van der Waals surface area contributed by atoms with Gasteiger partial charge in [0.15, 0.2) is 0 Å². The fraction of sp³-hybridized carbons (Fsp3) is 0.286. The summed E-state index contributed by atoms with van der Waals surface area (Å²) in [4.78, 5) is 3.48. The molecule has 66 valence electrons. The van der Waals surface area contributed by atoms with Gasteiger partial charge < -0.3 is 0 Å². The summed E-state index contributed by atoms with van der Waals surface area (Å²) in [6.07, 6.45) is -1.29. The van der Waals surface area contributed by atoms with Gasteiger partial charge in [0.05, 0.1) is 5.02 Å². The quantitative estimate of drug-likeness (QED) is 0.737. The van der Waals surface area contributed by atoms with Crippen molar-refractivity contribution < 1.29 is 8.78 Å². The van der Waals surface area contributed by atoms with Crippen molar-refractivity contribution in [2.45, 2.75) is 11.8 Å². The molecule has 0 saturated carbocycles. The van der Waals surface area contributed by atoms with Crippen molar-refractivity contribution in [2.24, 2.45) is 0 Å². The van der Waals surface area contributed by atoms with E-state index in [2.05, 4.69) is 20.9 Å². The topological polar surface area (TPSA) is 12.9 Å². The molecule has 0 aliphatic rings. The van der Waals surface area contributed by atoms with E-state index in [-0.39, 0.29) is 10.7 Å². The largest absolute Gasteiger partial charge is 0.281 e. The van der Waals surface area contributed by atoms with Crippen LogP contribution in [0.5, 0.6) is 0 Å². The van der Waals surface area contributed by atoms with Crippen LogP contribution >= 0.6 is 27.5 Å². The molecule has 12 heavy (non-hydrogen) atoms. The number of pyridine rings is 1. The second-order valence-corrected chi connectivity index (χ2v) is 3.04. The van der Waals surface area contributed by atoms with E-state index in [0.29, 0.717) is 10.9 Å². The van der Waals surface area contributed by atoms with E-state index in [1.165, 1.54) is 6.20 Å². The Morgan fingerprint density at radius 2 is 2.25 bits per heavy atom. The van der Waals surface area contributed by atoms with Crippen LogP contribution in [0.25, 0.3) is 0 Å². The van der Waals surface area contributed by atoms with Gasteiger partial charge in [-0.1, -0.05) is 27.5 Å². The van der Waals surface area contributed by atoms with Crippen LogP contribution < -0.4 is 0 Å². The van der Waals surface area contributed by atoms with Gasteiger partial charge in [-0.05, 0) is 11.6 Å². The SMILES string of the molecule is FC(F)c1nccc(CBr)c1Cl. The molecule has 0 atom stereocenters. The minimum Gasteiger partial charge on any atom is -0.254 e. The van der Waals surface area contributed by atoms with E-state index in [9.17, 15) is 8.78 Å². The lowest BCUT2D eigenvalue weighted by atomic mass is 10.2. The van der Waals surface area contributed by atoms with Crippen LogP contribution in [0, 0.1) is 0 Å². The minimum absolute atomic E-state index is 0.0457. The molecule has 0 spiro atoms. The lowest BCUT2D eigenvalue weighted by Gasteiger charge is -2.04. The van der Waals surface area contributed by atoms with Crippen LogP contribution in [0.1, 0.15) is 17.7 Å². The maximum atomic E-state index is 12.2. The van der Waals surface area contributed by atoms with Gasteiger partial charge in [0, 0.05) is 11.5 Å². The molecule has 0 aromatic carbocycles. The fourth-order valence-electron chi connectivity index (χ4n) is 0.757. The molecule has 1 heterocycles. The maximum Gasteiger partial charge on any atom is 0.281 e. The number of nitrogens with zero attached hydrogens (tertiary/aromatic N) is 1. The Balaban J connectivity index is 3.14. The highest BCUT2D eigenvalue weighted by atomic mass is 79.9. The zero-order valence-electron chi connectivity index (χ0n) is 5.90. The number of halogens is 4. The van der Waals surface area contributed by atoms with E-state index in [0.717, 1.165) is 0 Å². The first kappa shape index (κ1) is 9.86. The smallest absolute Gasteiger partial charge is 0.254 e. The standard InChI is InChI=1S/C7H5BrClF2N/c8-3-4-1-2-12-6(5(4)9)7(10)11/h1-2,7H,3H2. The first-order valence-electron chi connectivity index (χ1n) is 3.14. The molecule has 1 nitrogen and oxygen atoms in total. The molecule has 1 rings (SSSR count). The van der Waals surface area contributed by atoms with E-state index >= 15 is 0 Å². The predicted octanol–water partition coefficient (Wildman–Crippen LogP) is 3.57. The Bertz CT molecular complexity index is 280. The van der Waals surface area contributed by atoms with E-state index in [1.807, 2.05) is 0 Å². The average molecular weight is 256 g/mol. The zero-order valence-corrected chi connectivity index (χ0v) is 8.24. The van der Waals surface area contributed by atoms with E-state index in [4.69, 9.17) is 11.6 Å². The molecule has 1 aromatic heterocycles. The Morgan fingerprint density at radius 3 is 2.75 bits per heavy atom. The number of rotatable bonds is 2. The highest BCUT2D eigenvalue weighted by Gasteiger charge is 2.15. The van der Waals surface area contributed by atoms with Crippen molar-refractivity contribution >= 4 is 27.5 Å². The first-order chi connectivity index (χ1) is 5.66. The van der Waals surface area contributed by atoms with E-state index in [1.54, 1.807) is 6.07 Å². The fourth-order valence-corrected chi connectivity index (χ4v) is 1.65. The summed E-state index contributed by atoms with van der Waals surface area (Å²) in [6.45, 7) is 0. The van der Waals surface area contributed by atoms with Gasteiger partial charge in [-0.25, -0.2) is 8.78 Å². The molecule has 5 heteroatoms. The summed E-state index contributed by atoms with van der Waals surface area (Å²) >= 11 is 8.77. The van der Waals surface area contributed by atoms with Crippen molar-refractivity contribution in [3.63, 3.8) is 0 Å². The Labute approximate surface area is 81.9 Å². The van der Waals surface area contributed by atoms with Gasteiger partial charge in [-0.2, -0.15) is 0 Å². The average Bonchev–Trinajstić information content (AvgIpc) is 2.04. The van der Waals surface area contributed by atoms with Crippen LogP contribution in [-0.4, -0.2) is 4.98 Å². The third-order valence-electron chi connectivity index (χ3n) is 1.35. The lowest BCUT2D eigenvalue weighted by molar-refractivity contribution is 0.146. The molecule has 0 saturated heterocycles. The molecule has 0 radical (unpaired) electrons. The number of alkyl halides is 3. The van der Waals surface area contributed by atoms with Gasteiger partial charge in [-0.3, -0.25) is 4.98 Å². The second kappa shape index (κ2) is 4.14. The summed E-state index contributed by atoms with van der Waals surface area (Å²) in [5, 5.41) is 0.498. The molecule has 0 bridgehead atoms. The minimum atomic E-state index is -2.61. The molecule has 1 aromatic rings. The molecule has 0 unspecified atom stereocenters.